The molecule has 5 heteroatoms. The molecule has 4 fully saturated rings. The molecule has 4 bridgehead atoms. The number of hydrogen-bond acceptors (Lipinski definition) is 3. The molecule has 0 radical (unpaired) electrons. The Morgan fingerprint density at radius 2 is 1.95 bits per heavy atom. The van der Waals surface area contributed by atoms with Crippen LogP contribution in [0.4, 0.5) is 5.00 Å². The summed E-state index contributed by atoms with van der Waals surface area (Å²) >= 11 is 1.42. The monoisotopic (exact) mass is 316 g/mol. The van der Waals surface area contributed by atoms with E-state index in [4.69, 9.17) is 5.26 Å². The van der Waals surface area contributed by atoms with E-state index in [1.54, 1.807) is 6.07 Å². The first-order chi connectivity index (χ1) is 10.7. The molecule has 4 aliphatic carbocycles. The van der Waals surface area contributed by atoms with Crippen molar-refractivity contribution in [2.75, 3.05) is 11.9 Å². The van der Waals surface area contributed by atoms with Crippen molar-refractivity contribution < 1.29 is 10.1 Å². The van der Waals surface area contributed by atoms with E-state index in [0.717, 1.165) is 17.8 Å². The molecule has 22 heavy (non-hydrogen) atoms. The number of nitrogens with one attached hydrogen (secondary N) is 1. The summed E-state index contributed by atoms with van der Waals surface area (Å²) in [6.45, 7) is 0.481. The van der Waals surface area contributed by atoms with Gasteiger partial charge in [-0.05, 0) is 48.5 Å². The quantitative estimate of drug-likeness (QED) is 0.893. The Hall–Kier alpha value is -1.38. The van der Waals surface area contributed by atoms with Crippen LogP contribution in [0.1, 0.15) is 44.1 Å². The molecule has 5 rings (SSSR count). The molecule has 0 aliphatic heterocycles. The van der Waals surface area contributed by atoms with Gasteiger partial charge in [0.2, 0.25) is 0 Å². The number of amides is 1. The van der Waals surface area contributed by atoms with Gasteiger partial charge in [0.05, 0.1) is 11.1 Å². The third kappa shape index (κ3) is 2.55. The molecule has 0 aromatic carbocycles. The van der Waals surface area contributed by atoms with E-state index in [1.165, 1.54) is 49.9 Å². The van der Waals surface area contributed by atoms with Gasteiger partial charge >= 0.3 is 0 Å². The Morgan fingerprint density at radius 3 is 2.55 bits per heavy atom. The molecule has 0 atom stereocenters. The molecular weight excluding hydrogens is 294 g/mol. The van der Waals surface area contributed by atoms with Crippen molar-refractivity contribution in [1.82, 2.24) is 0 Å². The van der Waals surface area contributed by atoms with E-state index in [2.05, 4.69) is 16.7 Å². The first kappa shape index (κ1) is 14.2. The van der Waals surface area contributed by atoms with Crippen molar-refractivity contribution in [2.24, 2.45) is 17.8 Å². The van der Waals surface area contributed by atoms with Crippen molar-refractivity contribution in [3.8, 4) is 6.07 Å². The SMILES string of the molecule is N#Cc1ccsc1NC(=O)C[NH2+]C12CC3CC(CC(C3)C1)C2. The largest absolute Gasteiger partial charge is 0.334 e. The van der Waals surface area contributed by atoms with Gasteiger partial charge in [-0.2, -0.15) is 5.26 Å². The molecule has 4 nitrogen and oxygen atoms in total. The van der Waals surface area contributed by atoms with Crippen molar-refractivity contribution in [3.05, 3.63) is 17.0 Å². The summed E-state index contributed by atoms with van der Waals surface area (Å²) in [4.78, 5) is 12.2. The lowest BCUT2D eigenvalue weighted by atomic mass is 9.53. The van der Waals surface area contributed by atoms with Crippen molar-refractivity contribution in [1.29, 1.82) is 5.26 Å². The predicted octanol–water partition coefficient (Wildman–Crippen LogP) is 2.09. The highest BCUT2D eigenvalue weighted by molar-refractivity contribution is 7.14. The Labute approximate surface area is 134 Å². The maximum absolute atomic E-state index is 12.2. The van der Waals surface area contributed by atoms with Crippen LogP contribution < -0.4 is 10.6 Å². The zero-order valence-electron chi connectivity index (χ0n) is 12.7. The summed E-state index contributed by atoms with van der Waals surface area (Å²) in [5.74, 6) is 2.75. The number of carbonyl (C=O) groups is 1. The highest BCUT2D eigenvalue weighted by Crippen LogP contribution is 2.54. The Balaban J connectivity index is 1.37. The van der Waals surface area contributed by atoms with Gasteiger partial charge in [0, 0.05) is 19.3 Å². The van der Waals surface area contributed by atoms with Crippen LogP contribution in [0, 0.1) is 29.1 Å². The summed E-state index contributed by atoms with van der Waals surface area (Å²) in [7, 11) is 0. The van der Waals surface area contributed by atoms with Gasteiger partial charge in [-0.3, -0.25) is 4.79 Å². The number of nitriles is 1. The Kier molecular flexibility index (Phi) is 3.47. The first-order valence-corrected chi connectivity index (χ1v) is 9.15. The summed E-state index contributed by atoms with van der Waals surface area (Å²) in [6, 6.07) is 3.87. The normalized spacial score (nSPS) is 35.3. The lowest BCUT2D eigenvalue weighted by molar-refractivity contribution is -0.729. The number of hydrogen-bond donors (Lipinski definition) is 2. The smallest absolute Gasteiger partial charge is 0.280 e. The van der Waals surface area contributed by atoms with E-state index in [0.29, 0.717) is 22.6 Å². The van der Waals surface area contributed by atoms with Crippen LogP contribution in [-0.4, -0.2) is 18.0 Å². The van der Waals surface area contributed by atoms with E-state index in [1.807, 2.05) is 5.38 Å². The summed E-state index contributed by atoms with van der Waals surface area (Å²) in [5.41, 5.74) is 0.896. The summed E-state index contributed by atoms with van der Waals surface area (Å²) in [5, 5.41) is 16.7. The molecule has 1 aromatic rings. The lowest BCUT2D eigenvalue weighted by Crippen LogP contribution is -3.00. The van der Waals surface area contributed by atoms with E-state index in [9.17, 15) is 4.79 Å². The van der Waals surface area contributed by atoms with Crippen LogP contribution in [0.5, 0.6) is 0 Å². The Bertz CT molecular complexity index is 595. The minimum Gasteiger partial charge on any atom is -0.334 e. The molecule has 4 aliphatic rings. The third-order valence-corrected chi connectivity index (χ3v) is 6.67. The lowest BCUT2D eigenvalue weighted by Gasteiger charge is -2.54. The van der Waals surface area contributed by atoms with Gasteiger partial charge < -0.3 is 10.6 Å². The van der Waals surface area contributed by atoms with E-state index >= 15 is 0 Å². The molecule has 0 unspecified atom stereocenters. The van der Waals surface area contributed by atoms with Crippen molar-refractivity contribution in [3.63, 3.8) is 0 Å². The van der Waals surface area contributed by atoms with Crippen LogP contribution in [-0.2, 0) is 4.79 Å². The van der Waals surface area contributed by atoms with Crippen LogP contribution >= 0.6 is 11.3 Å². The van der Waals surface area contributed by atoms with Crippen molar-refractivity contribution in [2.45, 2.75) is 44.1 Å². The molecule has 4 saturated carbocycles. The Morgan fingerprint density at radius 1 is 1.32 bits per heavy atom. The second-order valence-electron chi connectivity index (χ2n) is 7.51. The standard InChI is InChI=1S/C17H21N3OS/c18-9-14-1-2-22-16(14)20-15(21)10-19-17-6-11-3-12(7-17)5-13(4-11)8-17/h1-2,11-13,19H,3-8,10H2,(H,20,21)/p+1. The van der Waals surface area contributed by atoms with Gasteiger partial charge in [0.25, 0.3) is 5.91 Å². The van der Waals surface area contributed by atoms with Gasteiger partial charge in [-0.15, -0.1) is 11.3 Å². The molecule has 3 N–H and O–H groups in total. The maximum atomic E-state index is 12.2. The number of rotatable bonds is 4. The summed E-state index contributed by atoms with van der Waals surface area (Å²) < 4.78 is 0. The molecule has 0 saturated heterocycles. The average molecular weight is 316 g/mol. The first-order valence-electron chi connectivity index (χ1n) is 8.27. The van der Waals surface area contributed by atoms with Crippen LogP contribution in [0.3, 0.4) is 0 Å². The fourth-order valence-electron chi connectivity index (χ4n) is 5.41. The zero-order chi connectivity index (χ0) is 15.2. The van der Waals surface area contributed by atoms with Gasteiger partial charge in [-0.25, -0.2) is 0 Å². The molecule has 116 valence electrons. The van der Waals surface area contributed by atoms with Gasteiger partial charge in [0.1, 0.15) is 11.1 Å². The van der Waals surface area contributed by atoms with Crippen LogP contribution in [0.25, 0.3) is 0 Å². The van der Waals surface area contributed by atoms with E-state index in [-0.39, 0.29) is 5.91 Å². The number of nitrogens with zero attached hydrogens (tertiary/aromatic N) is 1. The zero-order valence-corrected chi connectivity index (χ0v) is 13.5. The minimum atomic E-state index is 0.0229. The second kappa shape index (κ2) is 5.36. The van der Waals surface area contributed by atoms with Crippen molar-refractivity contribution >= 4 is 22.2 Å². The third-order valence-electron chi connectivity index (χ3n) is 5.84. The molecule has 0 spiro atoms. The number of quaternary nitrogens is 1. The average Bonchev–Trinajstić information content (AvgIpc) is 2.91. The van der Waals surface area contributed by atoms with Crippen LogP contribution in [0.15, 0.2) is 11.4 Å². The maximum Gasteiger partial charge on any atom is 0.280 e. The molecule has 1 aromatic heterocycles. The summed E-state index contributed by atoms with van der Waals surface area (Å²) in [6.07, 6.45) is 8.19. The van der Waals surface area contributed by atoms with Gasteiger partial charge in [0.15, 0.2) is 6.54 Å². The second-order valence-corrected chi connectivity index (χ2v) is 8.43. The predicted molar refractivity (Wildman–Crippen MR) is 85.4 cm³/mol. The molecule has 1 amide bonds. The number of anilines is 1. The van der Waals surface area contributed by atoms with Gasteiger partial charge in [-0.1, -0.05) is 0 Å². The number of carbonyl (C=O) groups excluding carboxylic acids is 1. The molecule has 1 heterocycles. The number of thiophene rings is 1. The molecular formula is C17H22N3OS+. The van der Waals surface area contributed by atoms with Crippen LogP contribution in [0.2, 0.25) is 0 Å². The fraction of sp³-hybridized carbons (Fsp3) is 0.647. The number of nitrogens with two attached hydrogens (primary N) is 1. The fourth-order valence-corrected chi connectivity index (χ4v) is 6.16. The minimum absolute atomic E-state index is 0.0229. The highest BCUT2D eigenvalue weighted by atomic mass is 32.1. The van der Waals surface area contributed by atoms with E-state index < -0.39 is 0 Å². The topological polar surface area (TPSA) is 69.5 Å². The highest BCUT2D eigenvalue weighted by Gasteiger charge is 2.53.